The van der Waals surface area contributed by atoms with Gasteiger partial charge in [0, 0.05) is 12.8 Å². The van der Waals surface area contributed by atoms with E-state index in [2.05, 4.69) is 6.92 Å². The van der Waals surface area contributed by atoms with Crippen LogP contribution in [0.5, 0.6) is 0 Å². The third-order valence-electron chi connectivity index (χ3n) is 4.53. The van der Waals surface area contributed by atoms with Crippen LogP contribution in [0.25, 0.3) is 0 Å². The molecule has 208 valence electrons. The van der Waals surface area contributed by atoms with E-state index in [0.29, 0.717) is 92.1 Å². The van der Waals surface area contributed by atoms with E-state index in [0.717, 1.165) is 32.1 Å². The smallest absolute Gasteiger partial charge is 0.305 e. The van der Waals surface area contributed by atoms with Gasteiger partial charge in [0.1, 0.15) is 13.2 Å². The van der Waals surface area contributed by atoms with Gasteiger partial charge in [-0.3, -0.25) is 9.59 Å². The first kappa shape index (κ1) is 33.7. The zero-order chi connectivity index (χ0) is 25.7. The monoisotopic (exact) mass is 508 g/mol. The van der Waals surface area contributed by atoms with Crippen molar-refractivity contribution in [2.75, 3.05) is 92.5 Å². The standard InChI is InChI=1S/C25H48O10/c1-3-5-6-7-9-25(27)35-23-21-33-19-17-31-15-13-29-11-10-28-12-14-30-16-18-32-20-22-34-24(26)8-4-2/h3-23H2,1-2H3. The Hall–Kier alpha value is -1.30. The predicted octanol–water partition coefficient (Wildman–Crippen LogP) is 2.94. The summed E-state index contributed by atoms with van der Waals surface area (Å²) in [7, 11) is 0. The number of carbonyl (C=O) groups excluding carboxylic acids is 2. The summed E-state index contributed by atoms with van der Waals surface area (Å²) < 4.78 is 42.4. The molecule has 10 nitrogen and oxygen atoms in total. The van der Waals surface area contributed by atoms with Crippen LogP contribution in [-0.2, 0) is 47.5 Å². The van der Waals surface area contributed by atoms with Gasteiger partial charge in [0.15, 0.2) is 0 Å². The van der Waals surface area contributed by atoms with E-state index < -0.39 is 0 Å². The second-order valence-corrected chi connectivity index (χ2v) is 7.68. The van der Waals surface area contributed by atoms with Gasteiger partial charge in [0.2, 0.25) is 0 Å². The van der Waals surface area contributed by atoms with Crippen LogP contribution >= 0.6 is 0 Å². The van der Waals surface area contributed by atoms with Crippen molar-refractivity contribution in [1.29, 1.82) is 0 Å². The van der Waals surface area contributed by atoms with Crippen LogP contribution in [-0.4, -0.2) is 104 Å². The third-order valence-corrected chi connectivity index (χ3v) is 4.53. The third kappa shape index (κ3) is 28.8. The number of carbonyl (C=O) groups is 2. The lowest BCUT2D eigenvalue weighted by Gasteiger charge is -2.08. The Bertz CT molecular complexity index is 462. The Labute approximate surface area is 211 Å². The highest BCUT2D eigenvalue weighted by molar-refractivity contribution is 5.69. The van der Waals surface area contributed by atoms with Crippen molar-refractivity contribution >= 4 is 11.9 Å². The molecule has 0 bridgehead atoms. The summed E-state index contributed by atoms with van der Waals surface area (Å²) in [5.74, 6) is -0.342. The summed E-state index contributed by atoms with van der Waals surface area (Å²) in [5.41, 5.74) is 0. The van der Waals surface area contributed by atoms with Gasteiger partial charge in [0.25, 0.3) is 0 Å². The summed E-state index contributed by atoms with van der Waals surface area (Å²) in [6.07, 6.45) is 5.99. The molecule has 0 fully saturated rings. The molecule has 0 saturated carbocycles. The van der Waals surface area contributed by atoms with Crippen LogP contribution in [0.1, 0.15) is 58.8 Å². The summed E-state index contributed by atoms with van der Waals surface area (Å²) in [6.45, 7) is 10.1. The molecule has 35 heavy (non-hydrogen) atoms. The zero-order valence-corrected chi connectivity index (χ0v) is 21.9. The van der Waals surface area contributed by atoms with Crippen LogP contribution in [0.3, 0.4) is 0 Å². The van der Waals surface area contributed by atoms with Gasteiger partial charge in [-0.1, -0.05) is 33.1 Å². The maximum atomic E-state index is 11.5. The molecule has 0 atom stereocenters. The number of esters is 2. The van der Waals surface area contributed by atoms with Gasteiger partial charge in [-0.25, -0.2) is 0 Å². The van der Waals surface area contributed by atoms with Crippen molar-refractivity contribution in [3.63, 3.8) is 0 Å². The predicted molar refractivity (Wildman–Crippen MR) is 130 cm³/mol. The Kier molecular flexibility index (Phi) is 27.9. The van der Waals surface area contributed by atoms with Crippen LogP contribution in [0, 0.1) is 0 Å². The van der Waals surface area contributed by atoms with E-state index in [1.807, 2.05) is 6.92 Å². The van der Waals surface area contributed by atoms with Gasteiger partial charge in [-0.2, -0.15) is 0 Å². The molecule has 0 N–H and O–H groups in total. The molecular formula is C25H48O10. The van der Waals surface area contributed by atoms with Gasteiger partial charge in [0.05, 0.1) is 79.3 Å². The highest BCUT2D eigenvalue weighted by atomic mass is 16.6. The summed E-state index contributed by atoms with van der Waals surface area (Å²) in [4.78, 5) is 22.6. The van der Waals surface area contributed by atoms with Gasteiger partial charge in [-0.15, -0.1) is 0 Å². The van der Waals surface area contributed by atoms with Crippen molar-refractivity contribution in [2.24, 2.45) is 0 Å². The minimum atomic E-state index is -0.188. The van der Waals surface area contributed by atoms with Crippen LogP contribution in [0.2, 0.25) is 0 Å². The first-order valence-corrected chi connectivity index (χ1v) is 13.0. The SMILES string of the molecule is CCCCCCC(=O)OCCOCCOCCOCCOCCOCCOCCOC(=O)CCC. The van der Waals surface area contributed by atoms with E-state index >= 15 is 0 Å². The molecule has 0 aromatic heterocycles. The van der Waals surface area contributed by atoms with Crippen molar-refractivity contribution in [1.82, 2.24) is 0 Å². The fraction of sp³-hybridized carbons (Fsp3) is 0.920. The number of unbranched alkanes of at least 4 members (excludes halogenated alkanes) is 3. The zero-order valence-electron chi connectivity index (χ0n) is 21.9. The van der Waals surface area contributed by atoms with Crippen molar-refractivity contribution < 1.29 is 47.5 Å². The van der Waals surface area contributed by atoms with E-state index in [4.69, 9.17) is 37.9 Å². The Morgan fingerprint density at radius 3 is 1.09 bits per heavy atom. The number of ether oxygens (including phenoxy) is 8. The molecule has 0 aliphatic carbocycles. The van der Waals surface area contributed by atoms with Crippen LogP contribution < -0.4 is 0 Å². The fourth-order valence-electron chi connectivity index (χ4n) is 2.68. The highest BCUT2D eigenvalue weighted by Crippen LogP contribution is 2.03. The summed E-state index contributed by atoms with van der Waals surface area (Å²) in [6, 6.07) is 0. The normalized spacial score (nSPS) is 11.0. The number of rotatable bonds is 28. The van der Waals surface area contributed by atoms with Crippen LogP contribution in [0.15, 0.2) is 0 Å². The van der Waals surface area contributed by atoms with Gasteiger partial charge >= 0.3 is 11.9 Å². The van der Waals surface area contributed by atoms with Crippen molar-refractivity contribution in [3.05, 3.63) is 0 Å². The molecule has 0 aromatic rings. The first-order valence-electron chi connectivity index (χ1n) is 13.0. The largest absolute Gasteiger partial charge is 0.463 e. The molecule has 0 aliphatic heterocycles. The lowest BCUT2D eigenvalue weighted by atomic mass is 10.2. The molecule has 0 heterocycles. The minimum absolute atomic E-state index is 0.153. The fourth-order valence-corrected chi connectivity index (χ4v) is 2.68. The van der Waals surface area contributed by atoms with E-state index in [-0.39, 0.29) is 25.2 Å². The second kappa shape index (κ2) is 28.9. The Balaban J connectivity index is 3.11. The van der Waals surface area contributed by atoms with Gasteiger partial charge < -0.3 is 37.9 Å². The molecule has 0 unspecified atom stereocenters. The molecule has 0 aliphatic rings. The van der Waals surface area contributed by atoms with Gasteiger partial charge in [-0.05, 0) is 12.8 Å². The molecular weight excluding hydrogens is 460 g/mol. The number of hydrogen-bond acceptors (Lipinski definition) is 10. The summed E-state index contributed by atoms with van der Waals surface area (Å²) in [5, 5.41) is 0. The quantitative estimate of drug-likeness (QED) is 0.116. The number of hydrogen-bond donors (Lipinski definition) is 0. The average Bonchev–Trinajstić information content (AvgIpc) is 2.85. The maximum absolute atomic E-state index is 11.5. The minimum Gasteiger partial charge on any atom is -0.463 e. The lowest BCUT2D eigenvalue weighted by molar-refractivity contribution is -0.146. The molecule has 0 amide bonds. The summed E-state index contributed by atoms with van der Waals surface area (Å²) >= 11 is 0. The van der Waals surface area contributed by atoms with E-state index in [9.17, 15) is 9.59 Å². The van der Waals surface area contributed by atoms with Crippen molar-refractivity contribution in [2.45, 2.75) is 58.8 Å². The first-order chi connectivity index (χ1) is 17.2. The molecule has 0 spiro atoms. The highest BCUT2D eigenvalue weighted by Gasteiger charge is 2.02. The maximum Gasteiger partial charge on any atom is 0.305 e. The van der Waals surface area contributed by atoms with E-state index in [1.54, 1.807) is 0 Å². The molecule has 0 saturated heterocycles. The average molecular weight is 509 g/mol. The van der Waals surface area contributed by atoms with Crippen LogP contribution in [0.4, 0.5) is 0 Å². The second-order valence-electron chi connectivity index (χ2n) is 7.68. The topological polar surface area (TPSA) is 108 Å². The molecule has 10 heteroatoms. The Morgan fingerprint density at radius 1 is 0.400 bits per heavy atom. The molecule has 0 aromatic carbocycles. The molecule has 0 radical (unpaired) electrons. The lowest BCUT2D eigenvalue weighted by Crippen LogP contribution is -2.15. The van der Waals surface area contributed by atoms with Crippen molar-refractivity contribution in [3.8, 4) is 0 Å². The van der Waals surface area contributed by atoms with E-state index in [1.165, 1.54) is 0 Å². The Morgan fingerprint density at radius 2 is 0.743 bits per heavy atom. The molecule has 0 rings (SSSR count).